The SMILES string of the molecule is CC1CCc2nc(COc3ccc(Cl)cc3C(N)=O)sc2C1. The zero-order valence-corrected chi connectivity index (χ0v) is 13.8. The van der Waals surface area contributed by atoms with Crippen LogP contribution in [-0.4, -0.2) is 10.9 Å². The Labute approximate surface area is 138 Å². The van der Waals surface area contributed by atoms with Gasteiger partial charge in [0, 0.05) is 9.90 Å². The predicted molar refractivity (Wildman–Crippen MR) is 87.6 cm³/mol. The van der Waals surface area contributed by atoms with Gasteiger partial charge in [-0.1, -0.05) is 18.5 Å². The van der Waals surface area contributed by atoms with Crippen LogP contribution in [0.25, 0.3) is 0 Å². The van der Waals surface area contributed by atoms with Crippen LogP contribution in [0.3, 0.4) is 0 Å². The van der Waals surface area contributed by atoms with Crippen LogP contribution in [0, 0.1) is 5.92 Å². The summed E-state index contributed by atoms with van der Waals surface area (Å²) >= 11 is 7.58. The van der Waals surface area contributed by atoms with Gasteiger partial charge in [-0.05, 0) is 43.4 Å². The fourth-order valence-corrected chi connectivity index (χ4v) is 3.98. The zero-order chi connectivity index (χ0) is 15.7. The van der Waals surface area contributed by atoms with Crippen molar-refractivity contribution in [2.45, 2.75) is 32.8 Å². The predicted octanol–water partition coefficient (Wildman–Crippen LogP) is 3.60. The van der Waals surface area contributed by atoms with Gasteiger partial charge in [-0.3, -0.25) is 4.79 Å². The summed E-state index contributed by atoms with van der Waals surface area (Å²) in [6.45, 7) is 2.61. The van der Waals surface area contributed by atoms with Gasteiger partial charge >= 0.3 is 0 Å². The molecule has 0 fully saturated rings. The van der Waals surface area contributed by atoms with Gasteiger partial charge in [0.05, 0.1) is 11.3 Å². The first-order valence-corrected chi connectivity index (χ1v) is 8.42. The molecule has 0 spiro atoms. The van der Waals surface area contributed by atoms with Crippen LogP contribution in [0.4, 0.5) is 0 Å². The fraction of sp³-hybridized carbons (Fsp3) is 0.375. The summed E-state index contributed by atoms with van der Waals surface area (Å²) in [7, 11) is 0. The van der Waals surface area contributed by atoms with Crippen molar-refractivity contribution in [3.8, 4) is 5.75 Å². The van der Waals surface area contributed by atoms with Crippen molar-refractivity contribution in [1.29, 1.82) is 0 Å². The van der Waals surface area contributed by atoms with E-state index >= 15 is 0 Å². The third-order valence-electron chi connectivity index (χ3n) is 3.79. The number of hydrogen-bond donors (Lipinski definition) is 1. The topological polar surface area (TPSA) is 65.2 Å². The highest BCUT2D eigenvalue weighted by Crippen LogP contribution is 2.31. The van der Waals surface area contributed by atoms with E-state index in [0.29, 0.717) is 22.9 Å². The highest BCUT2D eigenvalue weighted by atomic mass is 35.5. The molecule has 2 N–H and O–H groups in total. The van der Waals surface area contributed by atoms with Crippen molar-refractivity contribution in [2.24, 2.45) is 11.7 Å². The van der Waals surface area contributed by atoms with E-state index in [1.807, 2.05) is 0 Å². The van der Waals surface area contributed by atoms with Crippen molar-refractivity contribution < 1.29 is 9.53 Å². The van der Waals surface area contributed by atoms with Gasteiger partial charge in [0.15, 0.2) is 0 Å². The second kappa shape index (κ2) is 6.26. The van der Waals surface area contributed by atoms with Gasteiger partial charge < -0.3 is 10.5 Å². The second-order valence-electron chi connectivity index (χ2n) is 5.62. The van der Waals surface area contributed by atoms with Crippen LogP contribution in [0.15, 0.2) is 18.2 Å². The van der Waals surface area contributed by atoms with Gasteiger partial charge in [-0.25, -0.2) is 4.98 Å². The lowest BCUT2D eigenvalue weighted by atomic mass is 9.93. The standard InChI is InChI=1S/C16H17ClN2O2S/c1-9-2-4-12-14(6-9)22-15(19-12)8-21-13-5-3-10(17)7-11(13)16(18)20/h3,5,7,9H,2,4,6,8H2,1H3,(H2,18,20). The Balaban J connectivity index is 1.75. The van der Waals surface area contributed by atoms with E-state index in [1.54, 1.807) is 23.5 Å². The molecular formula is C16H17ClN2O2S. The number of nitrogens with two attached hydrogens (primary N) is 1. The molecule has 1 aromatic heterocycles. The Morgan fingerprint density at radius 3 is 3.14 bits per heavy atom. The molecule has 6 heteroatoms. The number of fused-ring (bicyclic) bond motifs is 1. The van der Waals surface area contributed by atoms with E-state index in [2.05, 4.69) is 11.9 Å². The maximum absolute atomic E-state index is 11.5. The van der Waals surface area contributed by atoms with Crippen LogP contribution >= 0.6 is 22.9 Å². The lowest BCUT2D eigenvalue weighted by Gasteiger charge is -2.15. The summed E-state index contributed by atoms with van der Waals surface area (Å²) in [6.07, 6.45) is 3.33. The highest BCUT2D eigenvalue weighted by Gasteiger charge is 2.20. The molecule has 0 aliphatic heterocycles. The summed E-state index contributed by atoms with van der Waals surface area (Å²) in [5.74, 6) is 0.614. The number of aryl methyl sites for hydroxylation is 1. The number of amides is 1. The van der Waals surface area contributed by atoms with Gasteiger partial charge in [-0.2, -0.15) is 0 Å². The smallest absolute Gasteiger partial charge is 0.252 e. The molecule has 1 aliphatic carbocycles. The molecule has 116 valence electrons. The van der Waals surface area contributed by atoms with Crippen LogP contribution in [0.1, 0.15) is 39.3 Å². The third-order valence-corrected chi connectivity index (χ3v) is 5.12. The van der Waals surface area contributed by atoms with Gasteiger partial charge in [0.25, 0.3) is 5.91 Å². The minimum atomic E-state index is -0.551. The quantitative estimate of drug-likeness (QED) is 0.927. The van der Waals surface area contributed by atoms with E-state index in [9.17, 15) is 4.79 Å². The Bertz CT molecular complexity index is 714. The van der Waals surface area contributed by atoms with Crippen molar-refractivity contribution in [1.82, 2.24) is 4.98 Å². The number of ether oxygens (including phenoxy) is 1. The molecule has 1 amide bonds. The molecule has 1 unspecified atom stereocenters. The third kappa shape index (κ3) is 3.25. The van der Waals surface area contributed by atoms with Crippen molar-refractivity contribution >= 4 is 28.8 Å². The van der Waals surface area contributed by atoms with Gasteiger partial charge in [-0.15, -0.1) is 11.3 Å². The summed E-state index contributed by atoms with van der Waals surface area (Å²) in [4.78, 5) is 17.5. The Kier molecular flexibility index (Phi) is 4.36. The highest BCUT2D eigenvalue weighted by molar-refractivity contribution is 7.11. The fourth-order valence-electron chi connectivity index (χ4n) is 2.62. The first-order chi connectivity index (χ1) is 10.5. The minimum absolute atomic E-state index is 0.294. The van der Waals surface area contributed by atoms with E-state index in [4.69, 9.17) is 22.1 Å². The molecule has 1 aliphatic rings. The van der Waals surface area contributed by atoms with Crippen LogP contribution in [-0.2, 0) is 19.4 Å². The Hall–Kier alpha value is -1.59. The Morgan fingerprint density at radius 2 is 2.36 bits per heavy atom. The molecule has 0 radical (unpaired) electrons. The number of halogens is 1. The number of hydrogen-bond acceptors (Lipinski definition) is 4. The summed E-state index contributed by atoms with van der Waals surface area (Å²) in [5.41, 5.74) is 6.85. The number of aromatic nitrogens is 1. The zero-order valence-electron chi connectivity index (χ0n) is 12.3. The molecule has 1 aromatic carbocycles. The minimum Gasteiger partial charge on any atom is -0.486 e. The largest absolute Gasteiger partial charge is 0.486 e. The Morgan fingerprint density at radius 1 is 1.55 bits per heavy atom. The molecule has 1 heterocycles. The molecule has 0 saturated carbocycles. The second-order valence-corrected chi connectivity index (χ2v) is 7.22. The molecule has 0 bridgehead atoms. The van der Waals surface area contributed by atoms with Crippen LogP contribution in [0.2, 0.25) is 5.02 Å². The summed E-state index contributed by atoms with van der Waals surface area (Å²) in [6, 6.07) is 4.86. The number of carbonyl (C=O) groups is 1. The molecular weight excluding hydrogens is 320 g/mol. The first-order valence-electron chi connectivity index (χ1n) is 7.22. The van der Waals surface area contributed by atoms with E-state index in [-0.39, 0.29) is 0 Å². The van der Waals surface area contributed by atoms with E-state index in [1.165, 1.54) is 23.1 Å². The number of thiazole rings is 1. The molecule has 22 heavy (non-hydrogen) atoms. The monoisotopic (exact) mass is 336 g/mol. The molecule has 2 aromatic rings. The normalized spacial score (nSPS) is 17.1. The van der Waals surface area contributed by atoms with Crippen molar-refractivity contribution in [3.05, 3.63) is 44.4 Å². The maximum atomic E-state index is 11.5. The van der Waals surface area contributed by atoms with Gasteiger partial charge in [0.2, 0.25) is 0 Å². The first kappa shape index (κ1) is 15.3. The number of rotatable bonds is 4. The average Bonchev–Trinajstić information content (AvgIpc) is 2.87. The average molecular weight is 337 g/mol. The van der Waals surface area contributed by atoms with Crippen LogP contribution in [0.5, 0.6) is 5.75 Å². The van der Waals surface area contributed by atoms with Crippen molar-refractivity contribution in [2.75, 3.05) is 0 Å². The van der Waals surface area contributed by atoms with Crippen LogP contribution < -0.4 is 10.5 Å². The molecule has 1 atom stereocenters. The number of carbonyl (C=O) groups excluding carboxylic acids is 1. The lowest BCUT2D eigenvalue weighted by Crippen LogP contribution is -2.13. The number of nitrogens with zero attached hydrogens (tertiary/aromatic N) is 1. The maximum Gasteiger partial charge on any atom is 0.252 e. The van der Waals surface area contributed by atoms with Gasteiger partial charge in [0.1, 0.15) is 17.4 Å². The number of primary amides is 1. The molecule has 3 rings (SSSR count). The summed E-state index contributed by atoms with van der Waals surface area (Å²) < 4.78 is 5.73. The molecule has 0 saturated heterocycles. The lowest BCUT2D eigenvalue weighted by molar-refractivity contribution is 0.0996. The number of benzene rings is 1. The summed E-state index contributed by atoms with van der Waals surface area (Å²) in [5, 5.41) is 1.39. The van der Waals surface area contributed by atoms with E-state index in [0.717, 1.165) is 23.8 Å². The molecule has 4 nitrogen and oxygen atoms in total. The van der Waals surface area contributed by atoms with E-state index < -0.39 is 5.91 Å². The van der Waals surface area contributed by atoms with Crippen molar-refractivity contribution in [3.63, 3.8) is 0 Å².